The molecular weight excluding hydrogens is 298 g/mol. The van der Waals surface area contributed by atoms with Gasteiger partial charge in [0.25, 0.3) is 0 Å². The molecule has 2 aromatic rings. The van der Waals surface area contributed by atoms with Crippen molar-refractivity contribution in [3.05, 3.63) is 50.7 Å². The van der Waals surface area contributed by atoms with Crippen molar-refractivity contribution in [2.45, 2.75) is 24.6 Å². The lowest BCUT2D eigenvalue weighted by molar-refractivity contribution is 0.357. The average molecular weight is 317 g/mol. The van der Waals surface area contributed by atoms with E-state index in [-0.39, 0.29) is 0 Å². The second kappa shape index (κ2) is 5.67. The Balaban J connectivity index is 1.69. The van der Waals surface area contributed by atoms with E-state index in [0.29, 0.717) is 6.04 Å². The Morgan fingerprint density at radius 2 is 2.14 bits per heavy atom. The maximum atomic E-state index is 5.62. The molecular formula is C17H19NOS2. The lowest BCUT2D eigenvalue weighted by atomic mass is 10.0. The number of benzene rings is 1. The van der Waals surface area contributed by atoms with Crippen LogP contribution in [0, 0.1) is 0 Å². The van der Waals surface area contributed by atoms with Crippen LogP contribution < -0.4 is 10.1 Å². The van der Waals surface area contributed by atoms with Crippen LogP contribution in [0.4, 0.5) is 0 Å². The van der Waals surface area contributed by atoms with Gasteiger partial charge in [0.05, 0.1) is 12.6 Å². The summed E-state index contributed by atoms with van der Waals surface area (Å²) in [6, 6.07) is 9.37. The van der Waals surface area contributed by atoms with Crippen LogP contribution in [0.25, 0.3) is 0 Å². The number of thioether (sulfide) groups is 1. The van der Waals surface area contributed by atoms with E-state index in [1.807, 2.05) is 11.3 Å². The number of nitrogens with one attached hydrogen (secondary N) is 1. The van der Waals surface area contributed by atoms with Gasteiger partial charge in [-0.25, -0.2) is 0 Å². The van der Waals surface area contributed by atoms with Gasteiger partial charge in [-0.2, -0.15) is 11.8 Å². The molecule has 1 unspecified atom stereocenters. The average Bonchev–Trinajstić information content (AvgIpc) is 3.13. The summed E-state index contributed by atoms with van der Waals surface area (Å²) in [4.78, 5) is 3.04. The summed E-state index contributed by atoms with van der Waals surface area (Å²) in [5, 5.41) is 3.50. The van der Waals surface area contributed by atoms with E-state index in [9.17, 15) is 0 Å². The first-order chi connectivity index (χ1) is 10.3. The van der Waals surface area contributed by atoms with Crippen molar-refractivity contribution in [1.29, 1.82) is 0 Å². The molecule has 0 radical (unpaired) electrons. The zero-order valence-corrected chi connectivity index (χ0v) is 13.8. The molecule has 1 N–H and O–H groups in total. The number of ether oxygens (including phenoxy) is 1. The first kappa shape index (κ1) is 13.7. The lowest BCUT2D eigenvalue weighted by Gasteiger charge is -2.16. The minimum Gasteiger partial charge on any atom is -0.493 e. The lowest BCUT2D eigenvalue weighted by Crippen LogP contribution is -2.16. The number of hydrogen-bond donors (Lipinski definition) is 1. The largest absolute Gasteiger partial charge is 0.493 e. The van der Waals surface area contributed by atoms with E-state index in [2.05, 4.69) is 48.4 Å². The van der Waals surface area contributed by atoms with Gasteiger partial charge in [0.2, 0.25) is 0 Å². The van der Waals surface area contributed by atoms with Gasteiger partial charge in [0, 0.05) is 21.9 Å². The van der Waals surface area contributed by atoms with Crippen LogP contribution in [0.15, 0.2) is 24.3 Å². The van der Waals surface area contributed by atoms with E-state index >= 15 is 0 Å². The molecule has 2 aliphatic rings. The molecule has 0 amide bonds. The number of aryl methyl sites for hydroxylation is 1. The van der Waals surface area contributed by atoms with Crippen LogP contribution in [0.5, 0.6) is 5.75 Å². The fourth-order valence-electron chi connectivity index (χ4n) is 3.17. The summed E-state index contributed by atoms with van der Waals surface area (Å²) >= 11 is 4.04. The Morgan fingerprint density at radius 1 is 1.19 bits per heavy atom. The van der Waals surface area contributed by atoms with Gasteiger partial charge in [0.1, 0.15) is 5.75 Å². The molecule has 0 bridgehead atoms. The number of thiophene rings is 1. The highest BCUT2D eigenvalue weighted by Crippen LogP contribution is 2.37. The van der Waals surface area contributed by atoms with E-state index < -0.39 is 0 Å². The van der Waals surface area contributed by atoms with Crippen molar-refractivity contribution < 1.29 is 4.74 Å². The standard InChI is InChI=1S/C17H19NOS2/c1-18-17(12-2-3-14-11(8-12)4-6-19-14)16-9-13-10-20-7-5-15(13)21-16/h2-3,8-9,17-18H,4-7,10H2,1H3. The molecule has 0 saturated heterocycles. The van der Waals surface area contributed by atoms with Gasteiger partial charge in [-0.15, -0.1) is 11.3 Å². The minimum atomic E-state index is 0.302. The second-order valence-electron chi connectivity index (χ2n) is 5.59. The maximum Gasteiger partial charge on any atom is 0.122 e. The highest BCUT2D eigenvalue weighted by Gasteiger charge is 2.21. The summed E-state index contributed by atoms with van der Waals surface area (Å²) in [6.45, 7) is 0.827. The molecule has 1 atom stereocenters. The molecule has 4 heteroatoms. The zero-order valence-electron chi connectivity index (χ0n) is 12.1. The summed E-state index contributed by atoms with van der Waals surface area (Å²) < 4.78 is 5.62. The molecule has 2 aliphatic heterocycles. The third kappa shape index (κ3) is 2.50. The summed E-state index contributed by atoms with van der Waals surface area (Å²) in [7, 11) is 2.06. The molecule has 0 aliphatic carbocycles. The van der Waals surface area contributed by atoms with Crippen molar-refractivity contribution in [2.75, 3.05) is 19.4 Å². The highest BCUT2D eigenvalue weighted by molar-refractivity contribution is 7.98. The van der Waals surface area contributed by atoms with Gasteiger partial charge < -0.3 is 10.1 Å². The topological polar surface area (TPSA) is 21.3 Å². The number of hydrogen-bond acceptors (Lipinski definition) is 4. The first-order valence-electron chi connectivity index (χ1n) is 7.47. The van der Waals surface area contributed by atoms with Crippen LogP contribution in [0.2, 0.25) is 0 Å². The normalized spacial score (nSPS) is 18.0. The van der Waals surface area contributed by atoms with Crippen LogP contribution in [-0.2, 0) is 18.6 Å². The van der Waals surface area contributed by atoms with Crippen molar-refractivity contribution >= 4 is 23.1 Å². The fraction of sp³-hybridized carbons (Fsp3) is 0.412. The predicted molar refractivity (Wildman–Crippen MR) is 90.7 cm³/mol. The monoisotopic (exact) mass is 317 g/mol. The molecule has 110 valence electrons. The van der Waals surface area contributed by atoms with Crippen molar-refractivity contribution in [3.63, 3.8) is 0 Å². The second-order valence-corrected chi connectivity index (χ2v) is 7.86. The van der Waals surface area contributed by atoms with Crippen molar-refractivity contribution in [2.24, 2.45) is 0 Å². The Morgan fingerprint density at radius 3 is 3.00 bits per heavy atom. The molecule has 21 heavy (non-hydrogen) atoms. The Hall–Kier alpha value is -0.970. The highest BCUT2D eigenvalue weighted by atomic mass is 32.2. The zero-order chi connectivity index (χ0) is 14.2. The number of rotatable bonds is 3. The summed E-state index contributed by atoms with van der Waals surface area (Å²) in [6.07, 6.45) is 2.27. The summed E-state index contributed by atoms with van der Waals surface area (Å²) in [5.74, 6) is 3.52. The molecule has 1 aromatic heterocycles. The van der Waals surface area contributed by atoms with Gasteiger partial charge >= 0.3 is 0 Å². The first-order valence-corrected chi connectivity index (χ1v) is 9.44. The van der Waals surface area contributed by atoms with E-state index in [1.54, 1.807) is 10.4 Å². The SMILES string of the molecule is CNC(c1ccc2c(c1)CCO2)c1cc2c(s1)CCSC2. The number of fused-ring (bicyclic) bond motifs is 2. The molecule has 3 heterocycles. The molecule has 1 aromatic carbocycles. The van der Waals surface area contributed by atoms with Crippen molar-refractivity contribution in [3.8, 4) is 5.75 Å². The van der Waals surface area contributed by atoms with Crippen LogP contribution >= 0.6 is 23.1 Å². The Kier molecular flexibility index (Phi) is 3.69. The van der Waals surface area contributed by atoms with Crippen LogP contribution in [0.1, 0.15) is 32.5 Å². The van der Waals surface area contributed by atoms with Gasteiger partial charge in [0.15, 0.2) is 0 Å². The Bertz CT molecular complexity index is 641. The molecule has 0 spiro atoms. The minimum absolute atomic E-state index is 0.302. The molecule has 4 rings (SSSR count). The fourth-order valence-corrected chi connectivity index (χ4v) is 5.69. The summed E-state index contributed by atoms with van der Waals surface area (Å²) in [5.41, 5.74) is 4.26. The predicted octanol–water partition coefficient (Wildman–Crippen LogP) is 3.78. The smallest absolute Gasteiger partial charge is 0.122 e. The van der Waals surface area contributed by atoms with Crippen molar-refractivity contribution in [1.82, 2.24) is 5.32 Å². The Labute approximate surface area is 133 Å². The molecule has 0 fully saturated rings. The molecule has 2 nitrogen and oxygen atoms in total. The maximum absolute atomic E-state index is 5.62. The third-order valence-electron chi connectivity index (χ3n) is 4.27. The van der Waals surface area contributed by atoms with E-state index in [4.69, 9.17) is 4.74 Å². The quantitative estimate of drug-likeness (QED) is 0.931. The van der Waals surface area contributed by atoms with Gasteiger partial charge in [-0.1, -0.05) is 12.1 Å². The van der Waals surface area contributed by atoms with E-state index in [1.165, 1.54) is 33.9 Å². The van der Waals surface area contributed by atoms with E-state index in [0.717, 1.165) is 18.8 Å². The van der Waals surface area contributed by atoms with Crippen LogP contribution in [0.3, 0.4) is 0 Å². The molecule has 0 saturated carbocycles. The van der Waals surface area contributed by atoms with Gasteiger partial charge in [-0.05, 0) is 48.0 Å². The van der Waals surface area contributed by atoms with Crippen LogP contribution in [-0.4, -0.2) is 19.4 Å². The van der Waals surface area contributed by atoms with Gasteiger partial charge in [-0.3, -0.25) is 0 Å². The third-order valence-corrected chi connectivity index (χ3v) is 6.58.